The minimum Gasteiger partial charge on any atom is -0.0622 e. The van der Waals surface area contributed by atoms with Crippen molar-refractivity contribution >= 4 is 43.1 Å². The number of hydrogen-bond donors (Lipinski definition) is 0. The van der Waals surface area contributed by atoms with Gasteiger partial charge in [0.1, 0.15) is 0 Å². The Bertz CT molecular complexity index is 3470. The molecule has 0 amide bonds. The predicted octanol–water partition coefficient (Wildman–Crippen LogP) is 16.9. The van der Waals surface area contributed by atoms with E-state index in [1.807, 2.05) is 0 Å². The van der Waals surface area contributed by atoms with E-state index in [0.717, 1.165) is 0 Å². The third kappa shape index (κ3) is 5.67. The highest BCUT2D eigenvalue weighted by atomic mass is 14.4. The summed E-state index contributed by atoms with van der Waals surface area (Å²) in [7, 11) is 0. The van der Waals surface area contributed by atoms with Crippen LogP contribution >= 0.6 is 0 Å². The van der Waals surface area contributed by atoms with Gasteiger partial charge >= 0.3 is 0 Å². The van der Waals surface area contributed by atoms with E-state index in [2.05, 4.69) is 232 Å². The molecule has 0 aliphatic heterocycles. The summed E-state index contributed by atoms with van der Waals surface area (Å²) in [5.74, 6) is 0. The molecule has 1 aliphatic rings. The summed E-state index contributed by atoms with van der Waals surface area (Å²) in [5.41, 5.74) is 17.9. The van der Waals surface area contributed by atoms with Gasteiger partial charge in [-0.2, -0.15) is 0 Å². The van der Waals surface area contributed by atoms with Crippen molar-refractivity contribution < 1.29 is 0 Å². The Hall–Kier alpha value is -7.54. The zero-order valence-corrected chi connectivity index (χ0v) is 34.3. The zero-order valence-electron chi connectivity index (χ0n) is 34.3. The molecule has 11 aromatic rings. The van der Waals surface area contributed by atoms with Crippen LogP contribution in [0.5, 0.6) is 0 Å². The fraction of sp³-hybridized carbons (Fsp3) is 0.0492. The van der Waals surface area contributed by atoms with Crippen molar-refractivity contribution in [3.63, 3.8) is 0 Å². The standard InChI is InChI=1S/C61H42/c1-61(2)57-37-46(39-13-4-3-5-14-39)31-33-51(57)52-34-32-47(38-58(52)61)44-27-28-45-36-48(30-29-43(45)35-44)60-55-20-10-8-18-53(55)59(54-19-9-11-21-56(54)60)42-25-23-41(24-26-42)50-22-12-16-40-15-6-7-17-49(40)50/h3-38H,1-2H3. The van der Waals surface area contributed by atoms with Gasteiger partial charge in [-0.25, -0.2) is 0 Å². The van der Waals surface area contributed by atoms with Crippen molar-refractivity contribution in [3.05, 3.63) is 230 Å². The van der Waals surface area contributed by atoms with Crippen LogP contribution in [-0.4, -0.2) is 0 Å². The molecule has 0 bridgehead atoms. The molecule has 0 N–H and O–H groups in total. The summed E-state index contributed by atoms with van der Waals surface area (Å²) in [6.07, 6.45) is 0. The third-order valence-electron chi connectivity index (χ3n) is 13.5. The van der Waals surface area contributed by atoms with Gasteiger partial charge in [0, 0.05) is 5.41 Å². The van der Waals surface area contributed by atoms with E-state index < -0.39 is 0 Å². The highest BCUT2D eigenvalue weighted by Crippen LogP contribution is 2.51. The zero-order chi connectivity index (χ0) is 40.7. The number of rotatable bonds is 5. The van der Waals surface area contributed by atoms with Crippen LogP contribution in [0.15, 0.2) is 218 Å². The minimum absolute atomic E-state index is 0.0980. The van der Waals surface area contributed by atoms with Gasteiger partial charge < -0.3 is 0 Å². The maximum atomic E-state index is 2.43. The molecule has 0 unspecified atom stereocenters. The van der Waals surface area contributed by atoms with Gasteiger partial charge in [0.05, 0.1) is 0 Å². The van der Waals surface area contributed by atoms with E-state index in [-0.39, 0.29) is 5.41 Å². The van der Waals surface area contributed by atoms with E-state index in [0.29, 0.717) is 0 Å². The van der Waals surface area contributed by atoms with Crippen molar-refractivity contribution in [1.29, 1.82) is 0 Å². The topological polar surface area (TPSA) is 0 Å². The lowest BCUT2D eigenvalue weighted by atomic mass is 9.80. The monoisotopic (exact) mass is 774 g/mol. The molecule has 0 heteroatoms. The summed E-state index contributed by atoms with van der Waals surface area (Å²) >= 11 is 0. The second kappa shape index (κ2) is 13.8. The first kappa shape index (κ1) is 35.4. The van der Waals surface area contributed by atoms with Crippen molar-refractivity contribution in [3.8, 4) is 66.8 Å². The van der Waals surface area contributed by atoms with Crippen LogP contribution in [0, 0.1) is 0 Å². The Morgan fingerprint density at radius 2 is 0.672 bits per heavy atom. The van der Waals surface area contributed by atoms with Crippen LogP contribution in [0.3, 0.4) is 0 Å². The molecule has 0 atom stereocenters. The Kier molecular flexibility index (Phi) is 7.99. The van der Waals surface area contributed by atoms with Gasteiger partial charge in [-0.3, -0.25) is 0 Å². The summed E-state index contributed by atoms with van der Waals surface area (Å²) in [6.45, 7) is 4.75. The lowest BCUT2D eigenvalue weighted by Crippen LogP contribution is -2.15. The fourth-order valence-electron chi connectivity index (χ4n) is 10.4. The van der Waals surface area contributed by atoms with E-state index >= 15 is 0 Å². The van der Waals surface area contributed by atoms with Gasteiger partial charge in [-0.15, -0.1) is 0 Å². The first-order valence-corrected chi connectivity index (χ1v) is 21.4. The predicted molar refractivity (Wildman–Crippen MR) is 261 cm³/mol. The van der Waals surface area contributed by atoms with Gasteiger partial charge in [0.25, 0.3) is 0 Å². The van der Waals surface area contributed by atoms with E-state index in [1.165, 1.54) is 121 Å². The molecule has 0 aromatic heterocycles. The second-order valence-corrected chi connectivity index (χ2v) is 17.2. The number of fused-ring (bicyclic) bond motifs is 7. The van der Waals surface area contributed by atoms with E-state index in [1.54, 1.807) is 0 Å². The molecule has 11 aromatic carbocycles. The largest absolute Gasteiger partial charge is 0.0622 e. The minimum atomic E-state index is -0.0980. The first-order chi connectivity index (χ1) is 30.0. The lowest BCUT2D eigenvalue weighted by molar-refractivity contribution is 0.661. The molecule has 0 spiro atoms. The smallest absolute Gasteiger partial charge is 0.0159 e. The Balaban J connectivity index is 0.918. The molecular formula is C61H42. The second-order valence-electron chi connectivity index (χ2n) is 17.2. The summed E-state index contributed by atoms with van der Waals surface area (Å²) in [6, 6.07) is 81.1. The Labute approximate surface area is 357 Å². The molecule has 0 saturated heterocycles. The van der Waals surface area contributed by atoms with Crippen LogP contribution < -0.4 is 0 Å². The van der Waals surface area contributed by atoms with Gasteiger partial charge in [-0.1, -0.05) is 208 Å². The normalized spacial score (nSPS) is 12.9. The number of benzene rings is 11. The van der Waals surface area contributed by atoms with Crippen LogP contribution in [0.25, 0.3) is 110 Å². The molecule has 0 fully saturated rings. The summed E-state index contributed by atoms with van der Waals surface area (Å²) in [5, 5.41) is 10.1. The average Bonchev–Trinajstić information content (AvgIpc) is 3.55. The highest BCUT2D eigenvalue weighted by molar-refractivity contribution is 6.22. The molecule has 286 valence electrons. The summed E-state index contributed by atoms with van der Waals surface area (Å²) in [4.78, 5) is 0. The molecule has 61 heavy (non-hydrogen) atoms. The molecule has 0 heterocycles. The first-order valence-electron chi connectivity index (χ1n) is 21.4. The van der Waals surface area contributed by atoms with E-state index in [9.17, 15) is 0 Å². The lowest BCUT2D eigenvalue weighted by Gasteiger charge is -2.22. The maximum absolute atomic E-state index is 2.43. The van der Waals surface area contributed by atoms with Gasteiger partial charge in [0.2, 0.25) is 0 Å². The van der Waals surface area contributed by atoms with E-state index in [4.69, 9.17) is 0 Å². The molecule has 0 nitrogen and oxygen atoms in total. The van der Waals surface area contributed by atoms with Gasteiger partial charge in [0.15, 0.2) is 0 Å². The Morgan fingerprint density at radius 3 is 1.30 bits per heavy atom. The molecular weight excluding hydrogens is 733 g/mol. The van der Waals surface area contributed by atoms with Crippen LogP contribution in [-0.2, 0) is 5.41 Å². The highest BCUT2D eigenvalue weighted by Gasteiger charge is 2.36. The van der Waals surface area contributed by atoms with Crippen molar-refractivity contribution in [1.82, 2.24) is 0 Å². The van der Waals surface area contributed by atoms with Crippen molar-refractivity contribution in [2.45, 2.75) is 19.3 Å². The third-order valence-corrected chi connectivity index (χ3v) is 13.5. The quantitative estimate of drug-likeness (QED) is 0.153. The Morgan fingerprint density at radius 1 is 0.246 bits per heavy atom. The van der Waals surface area contributed by atoms with Crippen LogP contribution in [0.2, 0.25) is 0 Å². The molecule has 12 rings (SSSR count). The average molecular weight is 775 g/mol. The number of hydrogen-bond acceptors (Lipinski definition) is 0. The van der Waals surface area contributed by atoms with Gasteiger partial charge in [-0.05, 0) is 145 Å². The van der Waals surface area contributed by atoms with Crippen molar-refractivity contribution in [2.75, 3.05) is 0 Å². The fourth-order valence-corrected chi connectivity index (χ4v) is 10.4. The molecule has 0 radical (unpaired) electrons. The summed E-state index contributed by atoms with van der Waals surface area (Å²) < 4.78 is 0. The van der Waals surface area contributed by atoms with Crippen molar-refractivity contribution in [2.24, 2.45) is 0 Å². The SMILES string of the molecule is CC1(C)c2cc(-c3ccccc3)ccc2-c2ccc(-c3ccc4cc(-c5c6ccccc6c(-c6ccc(-c7cccc8ccccc78)cc6)c6ccccc56)ccc4c3)cc21. The molecule has 1 aliphatic carbocycles. The van der Waals surface area contributed by atoms with Crippen LogP contribution in [0.1, 0.15) is 25.0 Å². The maximum Gasteiger partial charge on any atom is 0.0159 e. The van der Waals surface area contributed by atoms with Crippen LogP contribution in [0.4, 0.5) is 0 Å². The molecule has 0 saturated carbocycles.